The van der Waals surface area contributed by atoms with Gasteiger partial charge in [0.05, 0.1) is 31.5 Å². The van der Waals surface area contributed by atoms with Crippen molar-refractivity contribution in [2.45, 2.75) is 46.6 Å². The number of anilines is 1. The van der Waals surface area contributed by atoms with Gasteiger partial charge in [-0.25, -0.2) is 9.59 Å². The van der Waals surface area contributed by atoms with E-state index in [4.69, 9.17) is 42.1 Å². The van der Waals surface area contributed by atoms with Gasteiger partial charge in [0.2, 0.25) is 0 Å². The second-order valence-electron chi connectivity index (χ2n) is 10.8. The molecular weight excluding hydrogens is 673 g/mol. The topological polar surface area (TPSA) is 143 Å². The molecule has 0 saturated carbocycles. The molecule has 49 heavy (non-hydrogen) atoms. The van der Waals surface area contributed by atoms with E-state index >= 15 is 0 Å². The lowest BCUT2D eigenvalue weighted by molar-refractivity contribution is -0.136. The summed E-state index contributed by atoms with van der Waals surface area (Å²) in [6.45, 7) is 9.62. The van der Waals surface area contributed by atoms with Gasteiger partial charge in [-0.1, -0.05) is 35.3 Å². The highest BCUT2D eigenvalue weighted by Crippen LogP contribution is 2.35. The SMILES string of the molecule is CCOc1cc([C@@H]2NC(=O)NC(C)=C2C(=O)OC)ccc1OC[C@H](O)N/N=C/c1ccc(N(CC)CC)cc1OCc1ccc(Cl)cc1Cl. The Morgan fingerprint density at radius 2 is 1.80 bits per heavy atom. The molecule has 4 N–H and O–H groups in total. The van der Waals surface area contributed by atoms with Crippen LogP contribution in [0.4, 0.5) is 10.5 Å². The van der Waals surface area contributed by atoms with Crippen molar-refractivity contribution in [2.24, 2.45) is 5.10 Å². The number of carbonyl (C=O) groups is 2. The molecule has 3 aromatic rings. The summed E-state index contributed by atoms with van der Waals surface area (Å²) in [5.41, 5.74) is 6.36. The number of amides is 2. The molecule has 0 fully saturated rings. The first-order chi connectivity index (χ1) is 23.6. The molecule has 14 heteroatoms. The number of urea groups is 1. The Bertz CT molecular complexity index is 1700. The number of aliphatic hydroxyl groups is 1. The van der Waals surface area contributed by atoms with Gasteiger partial charge in [-0.05, 0) is 69.7 Å². The first kappa shape index (κ1) is 37.2. The number of hydrogen-bond donors (Lipinski definition) is 4. The highest BCUT2D eigenvalue weighted by Gasteiger charge is 2.32. The zero-order valence-electron chi connectivity index (χ0n) is 28.0. The van der Waals surface area contributed by atoms with Gasteiger partial charge >= 0.3 is 12.0 Å². The van der Waals surface area contributed by atoms with Gasteiger partial charge in [-0.3, -0.25) is 5.43 Å². The maximum absolute atomic E-state index is 12.5. The van der Waals surface area contributed by atoms with Crippen molar-refractivity contribution in [3.8, 4) is 17.2 Å². The summed E-state index contributed by atoms with van der Waals surface area (Å²) in [6.07, 6.45) is 0.369. The van der Waals surface area contributed by atoms with Crippen molar-refractivity contribution in [1.29, 1.82) is 0 Å². The molecule has 4 rings (SSSR count). The lowest BCUT2D eigenvalue weighted by Gasteiger charge is -2.28. The molecule has 0 unspecified atom stereocenters. The Labute approximate surface area is 296 Å². The van der Waals surface area contributed by atoms with Crippen LogP contribution in [-0.2, 0) is 16.1 Å². The largest absolute Gasteiger partial charge is 0.490 e. The number of nitrogens with one attached hydrogen (secondary N) is 3. The number of allylic oxidation sites excluding steroid dienone is 1. The van der Waals surface area contributed by atoms with Crippen molar-refractivity contribution in [2.75, 3.05) is 38.3 Å². The summed E-state index contributed by atoms with van der Waals surface area (Å²) in [5, 5.41) is 21.3. The van der Waals surface area contributed by atoms with Gasteiger partial charge < -0.3 is 39.6 Å². The Morgan fingerprint density at radius 3 is 2.49 bits per heavy atom. The van der Waals surface area contributed by atoms with Crippen LogP contribution in [0.1, 0.15) is 50.4 Å². The molecule has 0 saturated heterocycles. The minimum atomic E-state index is -1.18. The monoisotopic (exact) mass is 713 g/mol. The summed E-state index contributed by atoms with van der Waals surface area (Å²) in [7, 11) is 1.27. The number of carbonyl (C=O) groups excluding carboxylic acids is 2. The molecule has 0 aromatic heterocycles. The number of halogens is 2. The first-order valence-corrected chi connectivity index (χ1v) is 16.5. The number of ether oxygens (including phenoxy) is 4. The predicted octanol–water partition coefficient (Wildman–Crippen LogP) is 5.94. The molecule has 0 spiro atoms. The van der Waals surface area contributed by atoms with E-state index in [-0.39, 0.29) is 18.8 Å². The Hall–Kier alpha value is -4.65. The first-order valence-electron chi connectivity index (χ1n) is 15.8. The molecule has 262 valence electrons. The molecule has 12 nitrogen and oxygen atoms in total. The number of hydrogen-bond acceptors (Lipinski definition) is 10. The third-order valence-electron chi connectivity index (χ3n) is 7.62. The van der Waals surface area contributed by atoms with Gasteiger partial charge in [0.1, 0.15) is 19.0 Å². The predicted molar refractivity (Wildman–Crippen MR) is 190 cm³/mol. The number of esters is 1. The summed E-state index contributed by atoms with van der Waals surface area (Å²) >= 11 is 12.4. The van der Waals surface area contributed by atoms with Crippen LogP contribution in [0.5, 0.6) is 17.2 Å². The van der Waals surface area contributed by atoms with E-state index in [1.807, 2.05) is 31.2 Å². The van der Waals surface area contributed by atoms with Crippen molar-refractivity contribution < 1.29 is 33.6 Å². The average molecular weight is 715 g/mol. The van der Waals surface area contributed by atoms with Gasteiger partial charge in [0.15, 0.2) is 17.7 Å². The molecule has 1 aliphatic rings. The van der Waals surface area contributed by atoms with Crippen LogP contribution in [0.2, 0.25) is 10.0 Å². The molecular formula is C35H41Cl2N5O7. The minimum Gasteiger partial charge on any atom is -0.490 e. The quantitative estimate of drug-likeness (QED) is 0.0614. The van der Waals surface area contributed by atoms with E-state index in [9.17, 15) is 14.7 Å². The molecule has 1 aliphatic heterocycles. The van der Waals surface area contributed by atoms with Gasteiger partial charge in [-0.2, -0.15) is 5.10 Å². The fourth-order valence-corrected chi connectivity index (χ4v) is 5.61. The van der Waals surface area contributed by atoms with E-state index < -0.39 is 24.3 Å². The Balaban J connectivity index is 1.45. The summed E-state index contributed by atoms with van der Waals surface area (Å²) in [4.78, 5) is 26.9. The highest BCUT2D eigenvalue weighted by molar-refractivity contribution is 6.35. The number of methoxy groups -OCH3 is 1. The van der Waals surface area contributed by atoms with Gasteiger partial charge in [0.25, 0.3) is 0 Å². The fourth-order valence-electron chi connectivity index (χ4n) is 5.15. The molecule has 3 aromatic carbocycles. The van der Waals surface area contributed by atoms with Crippen LogP contribution in [0.15, 0.2) is 71.0 Å². The van der Waals surface area contributed by atoms with Crippen LogP contribution in [0.25, 0.3) is 0 Å². The smallest absolute Gasteiger partial charge is 0.337 e. The van der Waals surface area contributed by atoms with Crippen LogP contribution in [-0.4, -0.2) is 63.0 Å². The van der Waals surface area contributed by atoms with Crippen molar-refractivity contribution in [3.05, 3.63) is 92.6 Å². The van der Waals surface area contributed by atoms with Crippen molar-refractivity contribution >= 4 is 47.1 Å². The standard InChI is InChI=1S/C35H41Cl2N5O7/c1-6-42(7-2)26-13-10-23(29(17-26)48-19-24-9-12-25(36)16-27(24)37)18-38-41-31(43)20-49-28-14-11-22(15-30(28)47-8-3)33-32(34(44)46-5)21(4)39-35(45)40-33/h9-18,31,33,41,43H,6-8,19-20H2,1-5H3,(H2,39,40,45)/b38-18+/t31-,33-/m0/s1. The van der Waals surface area contributed by atoms with Crippen molar-refractivity contribution in [1.82, 2.24) is 16.1 Å². The minimum absolute atomic E-state index is 0.174. The number of hydrazone groups is 1. The van der Waals surface area contributed by atoms with Gasteiger partial charge in [0, 0.05) is 51.7 Å². The van der Waals surface area contributed by atoms with Crippen LogP contribution in [0, 0.1) is 0 Å². The fraction of sp³-hybridized carbons (Fsp3) is 0.343. The maximum Gasteiger partial charge on any atom is 0.337 e. The Morgan fingerprint density at radius 1 is 1.02 bits per heavy atom. The molecule has 0 bridgehead atoms. The van der Waals surface area contributed by atoms with Crippen LogP contribution < -0.4 is 35.2 Å². The molecule has 2 atom stereocenters. The van der Waals surface area contributed by atoms with Gasteiger partial charge in [-0.15, -0.1) is 0 Å². The third kappa shape index (κ3) is 9.71. The highest BCUT2D eigenvalue weighted by atomic mass is 35.5. The Kier molecular flexibility index (Phi) is 13.4. The number of aliphatic hydroxyl groups excluding tert-OH is 1. The van der Waals surface area contributed by atoms with E-state index in [1.165, 1.54) is 7.11 Å². The van der Waals surface area contributed by atoms with E-state index in [1.54, 1.807) is 43.5 Å². The lowest BCUT2D eigenvalue weighted by atomic mass is 9.95. The molecule has 1 heterocycles. The van der Waals surface area contributed by atoms with E-state index in [0.29, 0.717) is 50.7 Å². The normalized spacial score (nSPS) is 14.9. The number of nitrogens with zero attached hydrogens (tertiary/aromatic N) is 2. The lowest BCUT2D eigenvalue weighted by Crippen LogP contribution is -2.45. The molecule has 0 radical (unpaired) electrons. The zero-order chi connectivity index (χ0) is 35.5. The maximum atomic E-state index is 12.5. The van der Waals surface area contributed by atoms with Crippen LogP contribution in [0.3, 0.4) is 0 Å². The second-order valence-corrected chi connectivity index (χ2v) is 11.7. The zero-order valence-corrected chi connectivity index (χ0v) is 29.5. The third-order valence-corrected chi connectivity index (χ3v) is 8.21. The summed E-state index contributed by atoms with van der Waals surface area (Å²) in [5.74, 6) is 0.715. The average Bonchev–Trinajstić information content (AvgIpc) is 3.08. The molecule has 2 amide bonds. The number of benzene rings is 3. The van der Waals surface area contributed by atoms with Crippen molar-refractivity contribution in [3.63, 3.8) is 0 Å². The number of rotatable bonds is 16. The summed E-state index contributed by atoms with van der Waals surface area (Å²) in [6, 6.07) is 14.8. The van der Waals surface area contributed by atoms with E-state index in [2.05, 4.69) is 39.9 Å². The van der Waals surface area contributed by atoms with Crippen LogP contribution >= 0.6 is 23.2 Å². The van der Waals surface area contributed by atoms with E-state index in [0.717, 1.165) is 24.3 Å². The summed E-state index contributed by atoms with van der Waals surface area (Å²) < 4.78 is 22.8. The second kappa shape index (κ2) is 17.7. The molecule has 0 aliphatic carbocycles.